The molecule has 1 aliphatic carbocycles. The van der Waals surface area contributed by atoms with Gasteiger partial charge in [-0.1, -0.05) is 24.4 Å². The van der Waals surface area contributed by atoms with Crippen LogP contribution in [0, 0.1) is 12.3 Å². The molecule has 1 saturated carbocycles. The van der Waals surface area contributed by atoms with Crippen molar-refractivity contribution in [2.24, 2.45) is 18.2 Å². The predicted molar refractivity (Wildman–Crippen MR) is 66.6 cm³/mol. The van der Waals surface area contributed by atoms with Gasteiger partial charge in [-0.15, -0.1) is 0 Å². The Hall–Kier alpha value is -0.540. The smallest absolute Gasteiger partial charge is 0.0847 e. The van der Waals surface area contributed by atoms with Gasteiger partial charge in [0.15, 0.2) is 0 Å². The van der Waals surface area contributed by atoms with Gasteiger partial charge in [-0.25, -0.2) is 0 Å². The Morgan fingerprint density at radius 3 is 2.50 bits per heavy atom. The Labute approximate surface area is 102 Å². The van der Waals surface area contributed by atoms with E-state index in [2.05, 4.69) is 5.10 Å². The number of rotatable bonds is 3. The Morgan fingerprint density at radius 2 is 2.06 bits per heavy atom. The zero-order valence-corrected chi connectivity index (χ0v) is 10.8. The van der Waals surface area contributed by atoms with Crippen LogP contribution in [0.15, 0.2) is 0 Å². The number of nitrogens with two attached hydrogens (primary N) is 1. The molecular weight excluding hydrogens is 222 g/mol. The Kier molecular flexibility index (Phi) is 3.27. The van der Waals surface area contributed by atoms with Crippen molar-refractivity contribution in [2.75, 3.05) is 6.54 Å². The highest BCUT2D eigenvalue weighted by Crippen LogP contribution is 2.41. The van der Waals surface area contributed by atoms with Crippen molar-refractivity contribution >= 4 is 11.6 Å². The van der Waals surface area contributed by atoms with E-state index in [1.54, 1.807) is 0 Å². The lowest BCUT2D eigenvalue weighted by molar-refractivity contribution is 0.299. The van der Waals surface area contributed by atoms with Crippen molar-refractivity contribution in [3.63, 3.8) is 0 Å². The number of aromatic nitrogens is 2. The normalized spacial score (nSPS) is 19.2. The molecule has 0 aliphatic heterocycles. The highest BCUT2D eigenvalue weighted by atomic mass is 35.5. The van der Waals surface area contributed by atoms with E-state index in [4.69, 9.17) is 17.3 Å². The number of aryl methyl sites for hydroxylation is 2. The first-order valence-corrected chi connectivity index (χ1v) is 6.34. The van der Waals surface area contributed by atoms with Crippen molar-refractivity contribution in [1.82, 2.24) is 9.78 Å². The minimum atomic E-state index is 0.268. The molecule has 2 N–H and O–H groups in total. The molecule has 0 aromatic carbocycles. The Balaban J connectivity index is 2.25. The van der Waals surface area contributed by atoms with E-state index in [9.17, 15) is 0 Å². The van der Waals surface area contributed by atoms with E-state index >= 15 is 0 Å². The Bertz CT molecular complexity index is 378. The maximum absolute atomic E-state index is 6.29. The van der Waals surface area contributed by atoms with Crippen molar-refractivity contribution in [3.8, 4) is 0 Å². The number of hydrogen-bond donors (Lipinski definition) is 1. The van der Waals surface area contributed by atoms with Crippen LogP contribution >= 0.6 is 11.6 Å². The molecule has 90 valence electrons. The Morgan fingerprint density at radius 1 is 1.44 bits per heavy atom. The first-order valence-electron chi connectivity index (χ1n) is 5.96. The summed E-state index contributed by atoms with van der Waals surface area (Å²) in [4.78, 5) is 0. The highest BCUT2D eigenvalue weighted by molar-refractivity contribution is 6.31. The molecule has 1 heterocycles. The average molecular weight is 242 g/mol. The molecule has 0 saturated heterocycles. The summed E-state index contributed by atoms with van der Waals surface area (Å²) in [5, 5.41) is 5.18. The lowest BCUT2D eigenvalue weighted by atomic mass is 9.81. The van der Waals surface area contributed by atoms with Gasteiger partial charge >= 0.3 is 0 Å². The SMILES string of the molecule is Cc1nn(C)c(CC2(CN)CCCC2)c1Cl. The van der Waals surface area contributed by atoms with Crippen LogP contribution in [-0.2, 0) is 13.5 Å². The zero-order valence-electron chi connectivity index (χ0n) is 10.1. The van der Waals surface area contributed by atoms with Crippen LogP contribution in [0.4, 0.5) is 0 Å². The molecule has 0 atom stereocenters. The van der Waals surface area contributed by atoms with Crippen LogP contribution in [0.5, 0.6) is 0 Å². The lowest BCUT2D eigenvalue weighted by Crippen LogP contribution is -2.30. The van der Waals surface area contributed by atoms with E-state index in [1.165, 1.54) is 25.7 Å². The van der Waals surface area contributed by atoms with Gasteiger partial charge in [0.05, 0.1) is 16.4 Å². The third-order valence-corrected chi connectivity index (χ3v) is 4.39. The molecule has 0 radical (unpaired) electrons. The van der Waals surface area contributed by atoms with Gasteiger partial charge < -0.3 is 5.73 Å². The van der Waals surface area contributed by atoms with Gasteiger partial charge in [-0.2, -0.15) is 5.10 Å². The molecule has 1 fully saturated rings. The minimum Gasteiger partial charge on any atom is -0.330 e. The van der Waals surface area contributed by atoms with Gasteiger partial charge in [0.2, 0.25) is 0 Å². The molecule has 4 heteroatoms. The molecule has 1 aromatic heterocycles. The van der Waals surface area contributed by atoms with Crippen LogP contribution in [0.2, 0.25) is 5.02 Å². The fraction of sp³-hybridized carbons (Fsp3) is 0.750. The van der Waals surface area contributed by atoms with Gasteiger partial charge in [0.25, 0.3) is 0 Å². The first-order chi connectivity index (χ1) is 7.58. The highest BCUT2D eigenvalue weighted by Gasteiger charge is 2.34. The molecule has 16 heavy (non-hydrogen) atoms. The molecule has 0 unspecified atom stereocenters. The average Bonchev–Trinajstić information content (AvgIpc) is 2.81. The van der Waals surface area contributed by atoms with E-state index < -0.39 is 0 Å². The predicted octanol–water partition coefficient (Wildman–Crippen LogP) is 2.44. The molecule has 1 aliphatic rings. The van der Waals surface area contributed by atoms with Crippen LogP contribution in [-0.4, -0.2) is 16.3 Å². The second-order valence-electron chi connectivity index (χ2n) is 5.06. The standard InChI is InChI=1S/C12H20ClN3/c1-9-11(13)10(16(2)15-9)7-12(8-14)5-3-4-6-12/h3-8,14H2,1-2H3. The number of halogens is 1. The largest absolute Gasteiger partial charge is 0.330 e. The summed E-state index contributed by atoms with van der Waals surface area (Å²) in [6.45, 7) is 2.71. The van der Waals surface area contributed by atoms with E-state index in [1.807, 2.05) is 18.7 Å². The van der Waals surface area contributed by atoms with E-state index in [-0.39, 0.29) is 5.41 Å². The maximum Gasteiger partial charge on any atom is 0.0847 e. The minimum absolute atomic E-state index is 0.268. The summed E-state index contributed by atoms with van der Waals surface area (Å²) < 4.78 is 1.91. The topological polar surface area (TPSA) is 43.8 Å². The number of hydrogen-bond acceptors (Lipinski definition) is 2. The number of nitrogens with zero attached hydrogens (tertiary/aromatic N) is 2. The first kappa shape index (κ1) is 11.9. The van der Waals surface area contributed by atoms with Gasteiger partial charge in [0, 0.05) is 7.05 Å². The monoisotopic (exact) mass is 241 g/mol. The summed E-state index contributed by atoms with van der Waals surface area (Å²) in [5.74, 6) is 0. The second kappa shape index (κ2) is 4.38. The molecule has 0 spiro atoms. The van der Waals surface area contributed by atoms with Crippen LogP contribution in [0.1, 0.15) is 37.1 Å². The fourth-order valence-corrected chi connectivity index (χ4v) is 3.03. The quantitative estimate of drug-likeness (QED) is 0.884. The van der Waals surface area contributed by atoms with Crippen molar-refractivity contribution in [1.29, 1.82) is 0 Å². The maximum atomic E-state index is 6.29. The summed E-state index contributed by atoms with van der Waals surface area (Å²) in [5.41, 5.74) is 8.28. The summed E-state index contributed by atoms with van der Waals surface area (Å²) in [6.07, 6.45) is 6.02. The van der Waals surface area contributed by atoms with Crippen LogP contribution < -0.4 is 5.73 Å². The summed E-state index contributed by atoms with van der Waals surface area (Å²) >= 11 is 6.29. The second-order valence-corrected chi connectivity index (χ2v) is 5.44. The van der Waals surface area contributed by atoms with Gasteiger partial charge in [-0.05, 0) is 38.1 Å². The molecule has 0 amide bonds. The summed E-state index contributed by atoms with van der Waals surface area (Å²) in [6, 6.07) is 0. The van der Waals surface area contributed by atoms with Crippen molar-refractivity contribution in [2.45, 2.75) is 39.0 Å². The fourth-order valence-electron chi connectivity index (χ4n) is 2.81. The zero-order chi connectivity index (χ0) is 11.8. The van der Waals surface area contributed by atoms with Crippen molar-refractivity contribution in [3.05, 3.63) is 16.4 Å². The van der Waals surface area contributed by atoms with Crippen LogP contribution in [0.25, 0.3) is 0 Å². The third-order valence-electron chi connectivity index (χ3n) is 3.90. The van der Waals surface area contributed by atoms with Crippen LogP contribution in [0.3, 0.4) is 0 Å². The lowest BCUT2D eigenvalue weighted by Gasteiger charge is -2.27. The van der Waals surface area contributed by atoms with Gasteiger partial charge in [0.1, 0.15) is 0 Å². The van der Waals surface area contributed by atoms with Crippen molar-refractivity contribution < 1.29 is 0 Å². The molecule has 3 nitrogen and oxygen atoms in total. The summed E-state index contributed by atoms with van der Waals surface area (Å²) in [7, 11) is 1.97. The van der Waals surface area contributed by atoms with E-state index in [0.717, 1.165) is 29.4 Å². The third kappa shape index (κ3) is 1.98. The molecule has 2 rings (SSSR count). The molecule has 0 bridgehead atoms. The molecule has 1 aromatic rings. The van der Waals surface area contributed by atoms with E-state index in [0.29, 0.717) is 0 Å². The molecular formula is C12H20ClN3. The van der Waals surface area contributed by atoms with Gasteiger partial charge in [-0.3, -0.25) is 4.68 Å².